The number of hydrogen-bond acceptors (Lipinski definition) is 3. The summed E-state index contributed by atoms with van der Waals surface area (Å²) in [6.45, 7) is 1.36. The fourth-order valence-electron chi connectivity index (χ4n) is 4.17. The van der Waals surface area contributed by atoms with Gasteiger partial charge in [-0.15, -0.1) is 0 Å². The van der Waals surface area contributed by atoms with E-state index in [0.29, 0.717) is 25.9 Å². The van der Waals surface area contributed by atoms with Gasteiger partial charge in [0.05, 0.1) is 5.41 Å². The highest BCUT2D eigenvalue weighted by Crippen LogP contribution is 2.42. The standard InChI is InChI=1S/C22H24N2O3S/c25-21-22(14-16-24(21)20-10-5-2-6-11-20)13-7-15-23(18-22)28(26,27)17-12-19-8-3-1-4-9-19/h1-6,8-12,17H,7,13-16,18H2. The third kappa shape index (κ3) is 3.62. The summed E-state index contributed by atoms with van der Waals surface area (Å²) in [6, 6.07) is 19.0. The molecule has 2 aliphatic heterocycles. The molecule has 146 valence electrons. The largest absolute Gasteiger partial charge is 0.312 e. The van der Waals surface area contributed by atoms with E-state index in [1.54, 1.807) is 11.0 Å². The van der Waals surface area contributed by atoms with Crippen LogP contribution in [-0.4, -0.2) is 38.3 Å². The van der Waals surface area contributed by atoms with Crippen molar-refractivity contribution in [1.82, 2.24) is 4.31 Å². The van der Waals surface area contributed by atoms with E-state index >= 15 is 0 Å². The first-order chi connectivity index (χ1) is 13.5. The minimum atomic E-state index is -3.57. The van der Waals surface area contributed by atoms with E-state index in [1.807, 2.05) is 60.7 Å². The molecule has 1 spiro atoms. The highest BCUT2D eigenvalue weighted by Gasteiger charge is 2.50. The SMILES string of the molecule is O=C1N(c2ccccc2)CCC12CCCN(S(=O)(=O)C=Cc1ccccc1)C2. The Labute approximate surface area is 166 Å². The Hall–Kier alpha value is -2.44. The topological polar surface area (TPSA) is 57.7 Å². The lowest BCUT2D eigenvalue weighted by molar-refractivity contribution is -0.127. The van der Waals surface area contributed by atoms with E-state index in [9.17, 15) is 13.2 Å². The van der Waals surface area contributed by atoms with Crippen molar-refractivity contribution in [2.75, 3.05) is 24.5 Å². The number of para-hydroxylation sites is 1. The summed E-state index contributed by atoms with van der Waals surface area (Å²) in [6.07, 6.45) is 3.74. The second-order valence-electron chi connectivity index (χ2n) is 7.52. The van der Waals surface area contributed by atoms with Gasteiger partial charge in [-0.3, -0.25) is 4.79 Å². The zero-order valence-corrected chi connectivity index (χ0v) is 16.5. The molecule has 2 aliphatic rings. The molecule has 0 radical (unpaired) electrons. The summed E-state index contributed by atoms with van der Waals surface area (Å²) in [4.78, 5) is 15.0. The van der Waals surface area contributed by atoms with Gasteiger partial charge in [-0.25, -0.2) is 8.42 Å². The third-order valence-corrected chi connectivity index (χ3v) is 7.23. The van der Waals surface area contributed by atoms with Gasteiger partial charge in [0.1, 0.15) is 0 Å². The van der Waals surface area contributed by atoms with Crippen molar-refractivity contribution >= 4 is 27.7 Å². The molecule has 1 amide bonds. The van der Waals surface area contributed by atoms with Crippen LogP contribution >= 0.6 is 0 Å². The molecule has 0 N–H and O–H groups in total. The van der Waals surface area contributed by atoms with Crippen LogP contribution in [0.3, 0.4) is 0 Å². The molecule has 4 rings (SSSR count). The van der Waals surface area contributed by atoms with Gasteiger partial charge in [0.15, 0.2) is 0 Å². The molecule has 0 aromatic heterocycles. The Morgan fingerprint density at radius 1 is 0.893 bits per heavy atom. The molecular formula is C22H24N2O3S. The Bertz CT molecular complexity index is 973. The molecule has 2 heterocycles. The van der Waals surface area contributed by atoms with Crippen LogP contribution in [0.4, 0.5) is 5.69 Å². The average Bonchev–Trinajstić information content (AvgIpc) is 3.04. The fraction of sp³-hybridized carbons (Fsp3) is 0.318. The van der Waals surface area contributed by atoms with E-state index in [2.05, 4.69) is 0 Å². The molecule has 0 saturated carbocycles. The summed E-state index contributed by atoms with van der Waals surface area (Å²) in [5.74, 6) is 0.0469. The molecule has 0 aliphatic carbocycles. The maximum Gasteiger partial charge on any atom is 0.236 e. The van der Waals surface area contributed by atoms with Gasteiger partial charge >= 0.3 is 0 Å². The molecular weight excluding hydrogens is 372 g/mol. The van der Waals surface area contributed by atoms with E-state index in [0.717, 1.165) is 17.7 Å². The van der Waals surface area contributed by atoms with Crippen LogP contribution in [0.25, 0.3) is 6.08 Å². The number of anilines is 1. The van der Waals surface area contributed by atoms with Crippen molar-refractivity contribution in [1.29, 1.82) is 0 Å². The molecule has 1 unspecified atom stereocenters. The number of carbonyl (C=O) groups excluding carboxylic acids is 1. The zero-order valence-electron chi connectivity index (χ0n) is 15.7. The van der Waals surface area contributed by atoms with Gasteiger partial charge in [-0.2, -0.15) is 4.31 Å². The predicted octanol–water partition coefficient (Wildman–Crippen LogP) is 3.51. The summed E-state index contributed by atoms with van der Waals surface area (Å²) in [7, 11) is -3.57. The zero-order chi connectivity index (χ0) is 19.6. The maximum atomic E-state index is 13.2. The molecule has 5 nitrogen and oxygen atoms in total. The van der Waals surface area contributed by atoms with Crippen LogP contribution in [0.15, 0.2) is 66.1 Å². The van der Waals surface area contributed by atoms with Crippen molar-refractivity contribution in [2.45, 2.75) is 19.3 Å². The van der Waals surface area contributed by atoms with Crippen LogP contribution < -0.4 is 4.90 Å². The monoisotopic (exact) mass is 396 g/mol. The van der Waals surface area contributed by atoms with E-state index < -0.39 is 15.4 Å². The van der Waals surface area contributed by atoms with Crippen molar-refractivity contribution in [2.24, 2.45) is 5.41 Å². The molecule has 0 bridgehead atoms. The molecule has 6 heteroatoms. The van der Waals surface area contributed by atoms with Gasteiger partial charge in [0, 0.05) is 30.7 Å². The average molecular weight is 397 g/mol. The summed E-state index contributed by atoms with van der Waals surface area (Å²) in [5, 5.41) is 1.26. The molecule has 28 heavy (non-hydrogen) atoms. The number of carbonyl (C=O) groups is 1. The van der Waals surface area contributed by atoms with Crippen molar-refractivity contribution in [3.8, 4) is 0 Å². The Balaban J connectivity index is 1.53. The van der Waals surface area contributed by atoms with Gasteiger partial charge in [-0.05, 0) is 43.0 Å². The minimum Gasteiger partial charge on any atom is -0.312 e. The number of benzene rings is 2. The van der Waals surface area contributed by atoms with Gasteiger partial charge < -0.3 is 4.90 Å². The van der Waals surface area contributed by atoms with Crippen LogP contribution in [0.5, 0.6) is 0 Å². The molecule has 2 aromatic carbocycles. The highest BCUT2D eigenvalue weighted by molar-refractivity contribution is 7.92. The highest BCUT2D eigenvalue weighted by atomic mass is 32.2. The quantitative estimate of drug-likeness (QED) is 0.795. The van der Waals surface area contributed by atoms with E-state index in [1.165, 1.54) is 9.71 Å². The van der Waals surface area contributed by atoms with E-state index in [-0.39, 0.29) is 12.5 Å². The fourth-order valence-corrected chi connectivity index (χ4v) is 5.49. The van der Waals surface area contributed by atoms with Gasteiger partial charge in [0.25, 0.3) is 0 Å². The summed E-state index contributed by atoms with van der Waals surface area (Å²) < 4.78 is 27.2. The van der Waals surface area contributed by atoms with Crippen LogP contribution in [-0.2, 0) is 14.8 Å². The third-order valence-electron chi connectivity index (χ3n) is 5.71. The number of piperidine rings is 1. The van der Waals surface area contributed by atoms with Crippen LogP contribution in [0.2, 0.25) is 0 Å². The Kier molecular flexibility index (Phi) is 5.08. The van der Waals surface area contributed by atoms with Crippen LogP contribution in [0, 0.1) is 5.41 Å². The van der Waals surface area contributed by atoms with E-state index in [4.69, 9.17) is 0 Å². The van der Waals surface area contributed by atoms with Crippen molar-refractivity contribution in [3.63, 3.8) is 0 Å². The lowest BCUT2D eigenvalue weighted by atomic mass is 9.79. The maximum absolute atomic E-state index is 13.2. The van der Waals surface area contributed by atoms with Crippen LogP contribution in [0.1, 0.15) is 24.8 Å². The number of sulfonamides is 1. The Morgan fingerprint density at radius 3 is 2.29 bits per heavy atom. The van der Waals surface area contributed by atoms with Crippen molar-refractivity contribution in [3.05, 3.63) is 71.6 Å². The normalized spacial score (nSPS) is 23.7. The number of amides is 1. The smallest absolute Gasteiger partial charge is 0.236 e. The first kappa shape index (κ1) is 18.9. The first-order valence-electron chi connectivity index (χ1n) is 9.61. The first-order valence-corrected chi connectivity index (χ1v) is 11.1. The number of rotatable bonds is 4. The second-order valence-corrected chi connectivity index (χ2v) is 9.34. The number of hydrogen-bond donors (Lipinski definition) is 0. The molecule has 2 saturated heterocycles. The minimum absolute atomic E-state index is 0.0469. The Morgan fingerprint density at radius 2 is 1.57 bits per heavy atom. The van der Waals surface area contributed by atoms with Gasteiger partial charge in [0.2, 0.25) is 15.9 Å². The molecule has 2 fully saturated rings. The number of nitrogens with zero attached hydrogens (tertiary/aromatic N) is 2. The predicted molar refractivity (Wildman–Crippen MR) is 111 cm³/mol. The molecule has 2 aromatic rings. The lowest BCUT2D eigenvalue weighted by Crippen LogP contribution is -2.49. The van der Waals surface area contributed by atoms with Crippen molar-refractivity contribution < 1.29 is 13.2 Å². The lowest BCUT2D eigenvalue weighted by Gasteiger charge is -2.37. The van der Waals surface area contributed by atoms with Gasteiger partial charge in [-0.1, -0.05) is 48.5 Å². The summed E-state index contributed by atoms with van der Waals surface area (Å²) in [5.41, 5.74) is 1.11. The molecule has 1 atom stereocenters. The summed E-state index contributed by atoms with van der Waals surface area (Å²) >= 11 is 0. The second kappa shape index (κ2) is 7.53.